The maximum absolute atomic E-state index is 12.7. The molecule has 0 aliphatic carbocycles. The highest BCUT2D eigenvalue weighted by atomic mass is 16.5. The van der Waals surface area contributed by atoms with Crippen LogP contribution in [0.25, 0.3) is 0 Å². The van der Waals surface area contributed by atoms with Crippen LogP contribution in [-0.2, 0) is 11.2 Å². The van der Waals surface area contributed by atoms with Gasteiger partial charge >= 0.3 is 0 Å². The molecule has 0 N–H and O–H groups in total. The van der Waals surface area contributed by atoms with Crippen molar-refractivity contribution in [2.75, 3.05) is 25.7 Å². The van der Waals surface area contributed by atoms with Gasteiger partial charge in [-0.25, -0.2) is 0 Å². The number of ether oxygens (including phenoxy) is 2. The Hall–Kier alpha value is -2.82. The number of aryl methyl sites for hydroxylation is 1. The third-order valence-corrected chi connectivity index (χ3v) is 4.42. The normalized spacial score (nSPS) is 13.4. The molecule has 0 radical (unpaired) electrons. The summed E-state index contributed by atoms with van der Waals surface area (Å²) in [5.74, 6) is 1.49. The summed E-state index contributed by atoms with van der Waals surface area (Å²) in [6.45, 7) is 0.413. The highest BCUT2D eigenvalue weighted by Crippen LogP contribution is 2.31. The number of fused-ring (bicyclic) bond motifs is 1. The summed E-state index contributed by atoms with van der Waals surface area (Å²) in [4.78, 5) is 26.5. The first kappa shape index (κ1) is 17.0. The van der Waals surface area contributed by atoms with Gasteiger partial charge in [0, 0.05) is 31.0 Å². The Morgan fingerprint density at radius 3 is 2.60 bits per heavy atom. The Kier molecular flexibility index (Phi) is 5.03. The third kappa shape index (κ3) is 3.65. The zero-order valence-electron chi connectivity index (χ0n) is 14.5. The summed E-state index contributed by atoms with van der Waals surface area (Å²) >= 11 is 0. The molecule has 0 spiro atoms. The average Bonchev–Trinajstić information content (AvgIpc) is 2.66. The number of ketones is 1. The smallest absolute Gasteiger partial charge is 0.227 e. The minimum absolute atomic E-state index is 0.00447. The maximum atomic E-state index is 12.7. The summed E-state index contributed by atoms with van der Waals surface area (Å²) in [5, 5.41) is 0. The van der Waals surface area contributed by atoms with Crippen molar-refractivity contribution in [1.82, 2.24) is 0 Å². The van der Waals surface area contributed by atoms with Gasteiger partial charge in [-0.1, -0.05) is 12.1 Å². The topological polar surface area (TPSA) is 55.8 Å². The van der Waals surface area contributed by atoms with Crippen molar-refractivity contribution in [3.05, 3.63) is 53.6 Å². The van der Waals surface area contributed by atoms with E-state index in [1.165, 1.54) is 0 Å². The number of Topliss-reactive ketones (excluding diaryl/α,β-unsaturated/α-hetero) is 1. The SMILES string of the molecule is COc1cccc(CCC(=O)N2CCC(=O)c3ccc(OC)cc32)c1. The zero-order chi connectivity index (χ0) is 17.8. The number of methoxy groups -OCH3 is 2. The standard InChI is InChI=1S/C20H21NO4/c1-24-15-5-3-4-14(12-15)6-9-20(23)21-11-10-19(22)17-8-7-16(25-2)13-18(17)21/h3-5,7-8,12-13H,6,9-11H2,1-2H3. The van der Waals surface area contributed by atoms with Gasteiger partial charge < -0.3 is 14.4 Å². The Morgan fingerprint density at radius 1 is 1.08 bits per heavy atom. The monoisotopic (exact) mass is 339 g/mol. The van der Waals surface area contributed by atoms with Crippen molar-refractivity contribution >= 4 is 17.4 Å². The van der Waals surface area contributed by atoms with E-state index in [0.29, 0.717) is 42.8 Å². The largest absolute Gasteiger partial charge is 0.497 e. The third-order valence-electron chi connectivity index (χ3n) is 4.42. The second kappa shape index (κ2) is 7.38. The van der Waals surface area contributed by atoms with Crippen LogP contribution in [0.1, 0.15) is 28.8 Å². The highest BCUT2D eigenvalue weighted by Gasteiger charge is 2.27. The molecule has 3 rings (SSSR count). The van der Waals surface area contributed by atoms with Crippen molar-refractivity contribution in [1.29, 1.82) is 0 Å². The molecule has 0 aromatic heterocycles. The van der Waals surface area contributed by atoms with Gasteiger partial charge in [0.1, 0.15) is 11.5 Å². The predicted octanol–water partition coefficient (Wildman–Crippen LogP) is 3.26. The molecular weight excluding hydrogens is 318 g/mol. The number of anilines is 1. The van der Waals surface area contributed by atoms with Crippen LogP contribution < -0.4 is 14.4 Å². The minimum atomic E-state index is 0.00447. The molecule has 0 bridgehead atoms. The Balaban J connectivity index is 1.76. The molecule has 0 saturated carbocycles. The number of hydrogen-bond donors (Lipinski definition) is 0. The summed E-state index contributed by atoms with van der Waals surface area (Å²) in [6, 6.07) is 13.0. The van der Waals surface area contributed by atoms with E-state index in [0.717, 1.165) is 11.3 Å². The van der Waals surface area contributed by atoms with Gasteiger partial charge in [-0.2, -0.15) is 0 Å². The van der Waals surface area contributed by atoms with Crippen LogP contribution in [0, 0.1) is 0 Å². The lowest BCUT2D eigenvalue weighted by Gasteiger charge is -2.29. The predicted molar refractivity (Wildman–Crippen MR) is 95.6 cm³/mol. The second-order valence-corrected chi connectivity index (χ2v) is 5.95. The fourth-order valence-electron chi connectivity index (χ4n) is 3.04. The quantitative estimate of drug-likeness (QED) is 0.839. The second-order valence-electron chi connectivity index (χ2n) is 5.95. The minimum Gasteiger partial charge on any atom is -0.497 e. The molecule has 1 aliphatic heterocycles. The number of carbonyl (C=O) groups is 2. The molecule has 0 fully saturated rings. The highest BCUT2D eigenvalue weighted by molar-refractivity contribution is 6.09. The lowest BCUT2D eigenvalue weighted by molar-refractivity contribution is -0.118. The van der Waals surface area contributed by atoms with Crippen molar-refractivity contribution in [3.63, 3.8) is 0 Å². The van der Waals surface area contributed by atoms with Crippen molar-refractivity contribution in [2.24, 2.45) is 0 Å². The van der Waals surface area contributed by atoms with E-state index in [-0.39, 0.29) is 11.7 Å². The van der Waals surface area contributed by atoms with E-state index in [2.05, 4.69) is 0 Å². The van der Waals surface area contributed by atoms with Crippen LogP contribution in [0.4, 0.5) is 5.69 Å². The van der Waals surface area contributed by atoms with Crippen LogP contribution in [-0.4, -0.2) is 32.5 Å². The van der Waals surface area contributed by atoms with E-state index < -0.39 is 0 Å². The molecule has 0 saturated heterocycles. The first-order valence-electron chi connectivity index (χ1n) is 8.27. The molecule has 0 atom stereocenters. The van der Waals surface area contributed by atoms with Gasteiger partial charge in [0.05, 0.1) is 19.9 Å². The molecule has 1 heterocycles. The summed E-state index contributed by atoms with van der Waals surface area (Å²) < 4.78 is 10.5. The molecule has 130 valence electrons. The van der Waals surface area contributed by atoms with Gasteiger partial charge in [0.25, 0.3) is 0 Å². The molecule has 1 aliphatic rings. The average molecular weight is 339 g/mol. The van der Waals surface area contributed by atoms with E-state index >= 15 is 0 Å². The fraction of sp³-hybridized carbons (Fsp3) is 0.300. The fourth-order valence-corrected chi connectivity index (χ4v) is 3.04. The van der Waals surface area contributed by atoms with E-state index in [4.69, 9.17) is 9.47 Å². The van der Waals surface area contributed by atoms with Crippen LogP contribution >= 0.6 is 0 Å². The van der Waals surface area contributed by atoms with E-state index in [9.17, 15) is 9.59 Å². The number of carbonyl (C=O) groups excluding carboxylic acids is 2. The zero-order valence-corrected chi connectivity index (χ0v) is 14.5. The summed E-state index contributed by atoms with van der Waals surface area (Å²) in [6.07, 6.45) is 1.35. The Bertz CT molecular complexity index is 800. The first-order valence-corrected chi connectivity index (χ1v) is 8.27. The summed E-state index contributed by atoms with van der Waals surface area (Å²) in [7, 11) is 3.20. The van der Waals surface area contributed by atoms with Crippen LogP contribution in [0.5, 0.6) is 11.5 Å². The molecule has 2 aromatic rings. The van der Waals surface area contributed by atoms with Crippen LogP contribution in [0.2, 0.25) is 0 Å². The maximum Gasteiger partial charge on any atom is 0.227 e. The van der Waals surface area contributed by atoms with Crippen molar-refractivity contribution in [2.45, 2.75) is 19.3 Å². The molecule has 5 nitrogen and oxygen atoms in total. The molecule has 2 aromatic carbocycles. The lowest BCUT2D eigenvalue weighted by atomic mass is 9.99. The Morgan fingerprint density at radius 2 is 1.84 bits per heavy atom. The van der Waals surface area contributed by atoms with Crippen LogP contribution in [0.15, 0.2) is 42.5 Å². The first-order chi connectivity index (χ1) is 12.1. The molecule has 1 amide bonds. The lowest BCUT2D eigenvalue weighted by Crippen LogP contribution is -2.37. The van der Waals surface area contributed by atoms with Crippen molar-refractivity contribution in [3.8, 4) is 11.5 Å². The number of rotatable bonds is 5. The number of hydrogen-bond acceptors (Lipinski definition) is 4. The number of benzene rings is 2. The van der Waals surface area contributed by atoms with Crippen molar-refractivity contribution < 1.29 is 19.1 Å². The van der Waals surface area contributed by atoms with Gasteiger partial charge in [0.2, 0.25) is 5.91 Å². The number of amides is 1. The molecule has 25 heavy (non-hydrogen) atoms. The number of nitrogens with zero attached hydrogens (tertiary/aromatic N) is 1. The molecule has 5 heteroatoms. The Labute approximate surface area is 147 Å². The molecular formula is C20H21NO4. The van der Waals surface area contributed by atoms with E-state index in [1.807, 2.05) is 24.3 Å². The van der Waals surface area contributed by atoms with Gasteiger partial charge in [0.15, 0.2) is 5.78 Å². The van der Waals surface area contributed by atoms with E-state index in [1.54, 1.807) is 37.3 Å². The molecule has 0 unspecified atom stereocenters. The van der Waals surface area contributed by atoms with Gasteiger partial charge in [-0.15, -0.1) is 0 Å². The van der Waals surface area contributed by atoms with Gasteiger partial charge in [-0.3, -0.25) is 9.59 Å². The van der Waals surface area contributed by atoms with Gasteiger partial charge in [-0.05, 0) is 36.2 Å². The van der Waals surface area contributed by atoms with Crippen LogP contribution in [0.3, 0.4) is 0 Å². The summed E-state index contributed by atoms with van der Waals surface area (Å²) in [5.41, 5.74) is 2.28.